The largest absolute Gasteiger partial charge is 0.414 e. The van der Waals surface area contributed by atoms with Crippen molar-refractivity contribution in [3.05, 3.63) is 35.9 Å². The summed E-state index contributed by atoms with van der Waals surface area (Å²) in [4.78, 5) is 5.50. The second-order valence-electron chi connectivity index (χ2n) is 13.6. The van der Waals surface area contributed by atoms with Gasteiger partial charge in [-0.1, -0.05) is 77.0 Å². The fourth-order valence-electron chi connectivity index (χ4n) is 3.46. The molecule has 2 rings (SSSR count). The Bertz CT molecular complexity index is 877. The molecule has 9 heteroatoms. The topological polar surface area (TPSA) is 78.7 Å². The lowest BCUT2D eigenvalue weighted by molar-refractivity contribution is -0.162. The van der Waals surface area contributed by atoms with Crippen LogP contribution in [0.2, 0.25) is 36.3 Å². The van der Waals surface area contributed by atoms with E-state index >= 15 is 0 Å². The van der Waals surface area contributed by atoms with E-state index in [1.165, 1.54) is 0 Å². The van der Waals surface area contributed by atoms with Crippen molar-refractivity contribution in [3.8, 4) is 0 Å². The van der Waals surface area contributed by atoms with Crippen molar-refractivity contribution >= 4 is 22.8 Å². The number of oxime groups is 1. The molecule has 212 valence electrons. The van der Waals surface area contributed by atoms with Crippen LogP contribution in [0, 0.1) is 0 Å². The lowest BCUT2D eigenvalue weighted by Gasteiger charge is -2.43. The van der Waals surface area contributed by atoms with Crippen LogP contribution >= 0.6 is 0 Å². The molecule has 1 aliphatic rings. The average Bonchev–Trinajstić information content (AvgIpc) is 3.07. The minimum absolute atomic E-state index is 0.0274. The normalized spacial score (nSPS) is 22.8. The third-order valence-corrected chi connectivity index (χ3v) is 16.9. The predicted molar refractivity (Wildman–Crippen MR) is 155 cm³/mol. The molecule has 7 nitrogen and oxygen atoms in total. The number of aliphatic hydroxyl groups is 1. The Morgan fingerprint density at radius 3 is 2.08 bits per heavy atom. The van der Waals surface area contributed by atoms with Crippen LogP contribution in [-0.2, 0) is 29.8 Å². The average molecular weight is 554 g/mol. The van der Waals surface area contributed by atoms with E-state index in [1.807, 2.05) is 44.2 Å². The van der Waals surface area contributed by atoms with Crippen molar-refractivity contribution < 1.29 is 28.3 Å². The molecular formula is C28H51NO6Si2. The van der Waals surface area contributed by atoms with Gasteiger partial charge in [0, 0.05) is 0 Å². The molecular weight excluding hydrogens is 502 g/mol. The number of hydrogen-bond acceptors (Lipinski definition) is 7. The molecule has 37 heavy (non-hydrogen) atoms. The first-order valence-electron chi connectivity index (χ1n) is 13.3. The highest BCUT2D eigenvalue weighted by atomic mass is 28.4. The quantitative estimate of drug-likeness (QED) is 0.192. The molecule has 0 aliphatic carbocycles. The van der Waals surface area contributed by atoms with Gasteiger partial charge in [0.25, 0.3) is 0 Å². The molecule has 0 radical (unpaired) electrons. The van der Waals surface area contributed by atoms with Crippen LogP contribution in [0.15, 0.2) is 35.5 Å². The molecule has 0 amide bonds. The van der Waals surface area contributed by atoms with Gasteiger partial charge in [0.2, 0.25) is 0 Å². The van der Waals surface area contributed by atoms with E-state index in [0.717, 1.165) is 5.56 Å². The first kappa shape index (κ1) is 32.1. The molecule has 0 saturated carbocycles. The second-order valence-corrected chi connectivity index (χ2v) is 23.1. The highest BCUT2D eigenvalue weighted by molar-refractivity contribution is 6.74. The zero-order chi connectivity index (χ0) is 28.3. The molecule has 0 unspecified atom stereocenters. The van der Waals surface area contributed by atoms with E-state index in [1.54, 1.807) is 6.21 Å². The molecule has 0 spiro atoms. The lowest BCUT2D eigenvalue weighted by atomic mass is 10.0. The Balaban J connectivity index is 2.24. The van der Waals surface area contributed by atoms with Gasteiger partial charge < -0.3 is 28.3 Å². The Morgan fingerprint density at radius 2 is 1.54 bits per heavy atom. The minimum atomic E-state index is -2.23. The van der Waals surface area contributed by atoms with E-state index in [-0.39, 0.29) is 10.1 Å². The third kappa shape index (κ3) is 8.98. The van der Waals surface area contributed by atoms with Crippen LogP contribution in [0.1, 0.15) is 61.0 Å². The van der Waals surface area contributed by atoms with Gasteiger partial charge in [0.1, 0.15) is 24.9 Å². The number of nitrogens with zero attached hydrogens (tertiary/aromatic N) is 1. The Labute approximate surface area is 227 Å². The standard InChI is InChI=1S/C28H51NO6Si2/c1-26(2,3)36(9,10)32-20-23(35-37(11,12)27(4,5)6)24(30)25-22(33-28(7,8)34-25)18-29-31-19-21-16-14-13-15-17-21/h13-18,22-25,30H,19-20H2,1-12H3/b29-18-/t22-,23+,24-,25-/m0/s1. The molecule has 1 N–H and O–H groups in total. The van der Waals surface area contributed by atoms with Gasteiger partial charge in [0.05, 0.1) is 18.9 Å². The number of rotatable bonds is 11. The summed E-state index contributed by atoms with van der Waals surface area (Å²) in [6, 6.07) is 9.83. The monoisotopic (exact) mass is 553 g/mol. The molecule has 1 aromatic carbocycles. The minimum Gasteiger partial charge on any atom is -0.414 e. The Morgan fingerprint density at radius 1 is 0.973 bits per heavy atom. The van der Waals surface area contributed by atoms with Crippen LogP contribution in [0.3, 0.4) is 0 Å². The van der Waals surface area contributed by atoms with Crippen molar-refractivity contribution in [1.82, 2.24) is 0 Å². The van der Waals surface area contributed by atoms with Gasteiger partial charge in [-0.2, -0.15) is 0 Å². The van der Waals surface area contributed by atoms with Crippen molar-refractivity contribution in [2.24, 2.45) is 5.16 Å². The SMILES string of the molecule is CC1(C)O[C@H]([C@@H](O)[C@@H](CO[Si](C)(C)C(C)(C)C)O[Si](C)(C)C(C)(C)C)[C@H](/C=N\OCc2ccccc2)O1. The summed E-state index contributed by atoms with van der Waals surface area (Å²) in [6.07, 6.45) is -1.26. The van der Waals surface area contributed by atoms with Crippen molar-refractivity contribution in [2.45, 2.75) is 128 Å². The summed E-state index contributed by atoms with van der Waals surface area (Å²) in [5, 5.41) is 15.9. The number of hydrogen-bond donors (Lipinski definition) is 1. The van der Waals surface area contributed by atoms with E-state index < -0.39 is 46.8 Å². The maximum atomic E-state index is 11.7. The third-order valence-electron chi connectivity index (χ3n) is 7.90. The maximum Gasteiger partial charge on any atom is 0.192 e. The summed E-state index contributed by atoms with van der Waals surface area (Å²) in [5.41, 5.74) is 1.02. The highest BCUT2D eigenvalue weighted by Crippen LogP contribution is 2.40. The maximum absolute atomic E-state index is 11.7. The second kappa shape index (κ2) is 12.0. The van der Waals surface area contributed by atoms with Crippen LogP contribution in [0.4, 0.5) is 0 Å². The van der Waals surface area contributed by atoms with Crippen LogP contribution < -0.4 is 0 Å². The lowest BCUT2D eigenvalue weighted by Crippen LogP contribution is -2.55. The van der Waals surface area contributed by atoms with Gasteiger partial charge >= 0.3 is 0 Å². The highest BCUT2D eigenvalue weighted by Gasteiger charge is 2.50. The van der Waals surface area contributed by atoms with Crippen LogP contribution in [0.25, 0.3) is 0 Å². The van der Waals surface area contributed by atoms with E-state index in [2.05, 4.69) is 72.9 Å². The van der Waals surface area contributed by atoms with Gasteiger partial charge in [-0.3, -0.25) is 0 Å². The molecule has 0 bridgehead atoms. The Kier molecular flexibility index (Phi) is 10.4. The summed E-state index contributed by atoms with van der Waals surface area (Å²) in [5.74, 6) is -0.885. The van der Waals surface area contributed by atoms with Crippen molar-refractivity contribution in [3.63, 3.8) is 0 Å². The van der Waals surface area contributed by atoms with Gasteiger partial charge in [-0.15, -0.1) is 0 Å². The van der Waals surface area contributed by atoms with E-state index in [4.69, 9.17) is 23.2 Å². The Hall–Kier alpha value is -1.08. The summed E-state index contributed by atoms with van der Waals surface area (Å²) in [7, 11) is -4.30. The summed E-state index contributed by atoms with van der Waals surface area (Å²) in [6.45, 7) is 26.3. The fraction of sp³-hybridized carbons (Fsp3) is 0.750. The molecule has 0 aromatic heterocycles. The van der Waals surface area contributed by atoms with Crippen LogP contribution in [-0.4, -0.2) is 64.8 Å². The van der Waals surface area contributed by atoms with Gasteiger partial charge in [0.15, 0.2) is 22.4 Å². The molecule has 1 aliphatic heterocycles. The fourth-order valence-corrected chi connectivity index (χ4v) is 5.79. The van der Waals surface area contributed by atoms with Crippen molar-refractivity contribution in [1.29, 1.82) is 0 Å². The number of ether oxygens (including phenoxy) is 2. The van der Waals surface area contributed by atoms with Crippen molar-refractivity contribution in [2.75, 3.05) is 6.61 Å². The number of benzene rings is 1. The van der Waals surface area contributed by atoms with E-state index in [0.29, 0.717) is 13.2 Å². The molecule has 1 heterocycles. The van der Waals surface area contributed by atoms with Crippen LogP contribution in [0.5, 0.6) is 0 Å². The smallest absolute Gasteiger partial charge is 0.192 e. The van der Waals surface area contributed by atoms with E-state index in [9.17, 15) is 5.11 Å². The summed E-state index contributed by atoms with van der Waals surface area (Å²) >= 11 is 0. The first-order valence-corrected chi connectivity index (χ1v) is 19.1. The zero-order valence-electron chi connectivity index (χ0n) is 25.1. The van der Waals surface area contributed by atoms with Gasteiger partial charge in [-0.05, 0) is 55.7 Å². The first-order chi connectivity index (χ1) is 16.8. The molecule has 1 aromatic rings. The molecule has 1 saturated heterocycles. The summed E-state index contributed by atoms with van der Waals surface area (Å²) < 4.78 is 25.6. The molecule has 4 atom stereocenters. The molecule has 1 fully saturated rings. The number of aliphatic hydroxyl groups excluding tert-OH is 1. The van der Waals surface area contributed by atoms with Gasteiger partial charge in [-0.25, -0.2) is 0 Å². The zero-order valence-corrected chi connectivity index (χ0v) is 27.1. The predicted octanol–water partition coefficient (Wildman–Crippen LogP) is 6.48.